The zero-order valence-electron chi connectivity index (χ0n) is 13.4. The third-order valence-corrected chi connectivity index (χ3v) is 3.65. The van der Waals surface area contributed by atoms with Crippen LogP contribution in [0.4, 0.5) is 0 Å². The van der Waals surface area contributed by atoms with E-state index < -0.39 is 11.9 Å². The molecule has 0 aliphatic heterocycles. The van der Waals surface area contributed by atoms with E-state index in [1.54, 1.807) is 6.07 Å². The van der Waals surface area contributed by atoms with Crippen molar-refractivity contribution in [1.29, 1.82) is 0 Å². The van der Waals surface area contributed by atoms with Crippen LogP contribution in [0, 0.1) is 11.8 Å². The van der Waals surface area contributed by atoms with Gasteiger partial charge in [0.05, 0.1) is 6.26 Å². The monoisotopic (exact) mass is 321 g/mol. The lowest BCUT2D eigenvalue weighted by Gasteiger charge is -2.21. The van der Waals surface area contributed by atoms with Crippen LogP contribution >= 0.6 is 0 Å². The lowest BCUT2D eigenvalue weighted by molar-refractivity contribution is -0.125. The zero-order chi connectivity index (χ0) is 16.8. The molecule has 0 aromatic carbocycles. The number of carbonyl (C=O) groups excluding carboxylic acids is 3. The van der Waals surface area contributed by atoms with Gasteiger partial charge in [-0.2, -0.15) is 0 Å². The topological polar surface area (TPSA) is 100 Å². The minimum absolute atomic E-state index is 0.0470. The van der Waals surface area contributed by atoms with Crippen molar-refractivity contribution in [1.82, 2.24) is 16.0 Å². The minimum Gasteiger partial charge on any atom is -0.459 e. The van der Waals surface area contributed by atoms with Crippen molar-refractivity contribution in [2.75, 3.05) is 13.1 Å². The molecule has 1 atom stereocenters. The molecule has 0 saturated heterocycles. The third kappa shape index (κ3) is 5.12. The summed E-state index contributed by atoms with van der Waals surface area (Å²) in [4.78, 5) is 35.7. The second kappa shape index (κ2) is 7.80. The Morgan fingerprint density at radius 1 is 1.22 bits per heavy atom. The molecule has 2 rings (SSSR count). The summed E-state index contributed by atoms with van der Waals surface area (Å²) in [7, 11) is 0. The van der Waals surface area contributed by atoms with Gasteiger partial charge in [-0.1, -0.05) is 13.8 Å². The summed E-state index contributed by atoms with van der Waals surface area (Å²) in [5.74, 6) is -0.408. The van der Waals surface area contributed by atoms with Crippen LogP contribution in [0.5, 0.6) is 0 Å². The summed E-state index contributed by atoms with van der Waals surface area (Å²) in [6, 6.07) is 2.49. The van der Waals surface area contributed by atoms with Gasteiger partial charge < -0.3 is 20.4 Å². The van der Waals surface area contributed by atoms with Crippen LogP contribution in [-0.4, -0.2) is 36.9 Å². The highest BCUT2D eigenvalue weighted by Crippen LogP contribution is 2.28. The first-order valence-corrected chi connectivity index (χ1v) is 7.89. The molecule has 7 nitrogen and oxygen atoms in total. The molecule has 1 aliphatic carbocycles. The van der Waals surface area contributed by atoms with E-state index in [4.69, 9.17) is 4.42 Å². The molecular formula is C16H23N3O4. The van der Waals surface area contributed by atoms with Gasteiger partial charge in [0.1, 0.15) is 6.04 Å². The summed E-state index contributed by atoms with van der Waals surface area (Å²) in [5, 5.41) is 8.17. The highest BCUT2D eigenvalue weighted by Gasteiger charge is 2.29. The number of carbonyl (C=O) groups is 3. The fraction of sp³-hybridized carbons (Fsp3) is 0.562. The molecule has 1 aromatic rings. The Bertz CT molecular complexity index is 550. The quantitative estimate of drug-likeness (QED) is 0.613. The van der Waals surface area contributed by atoms with E-state index >= 15 is 0 Å². The Morgan fingerprint density at radius 2 is 1.91 bits per heavy atom. The van der Waals surface area contributed by atoms with Crippen LogP contribution in [0.3, 0.4) is 0 Å². The van der Waals surface area contributed by atoms with E-state index in [1.807, 2.05) is 13.8 Å². The standard InChI is InChI=1S/C16H23N3O4/c1-10(2)13(19-15(21)12-4-3-9-23-12)16(22)18-8-7-17-14(20)11-5-6-11/h3-4,9-11,13H,5-8H2,1-2H3,(H,17,20)(H,18,22)(H,19,21). The number of rotatable bonds is 8. The van der Waals surface area contributed by atoms with Crippen molar-refractivity contribution < 1.29 is 18.8 Å². The van der Waals surface area contributed by atoms with Crippen LogP contribution in [0.2, 0.25) is 0 Å². The van der Waals surface area contributed by atoms with Crippen LogP contribution in [0.25, 0.3) is 0 Å². The number of hydrogen-bond donors (Lipinski definition) is 3. The lowest BCUT2D eigenvalue weighted by atomic mass is 10.0. The van der Waals surface area contributed by atoms with E-state index in [9.17, 15) is 14.4 Å². The summed E-state index contributed by atoms with van der Waals surface area (Å²) in [6.45, 7) is 4.41. The van der Waals surface area contributed by atoms with Crippen LogP contribution < -0.4 is 16.0 Å². The highest BCUT2D eigenvalue weighted by molar-refractivity contribution is 5.95. The molecule has 1 aliphatic rings. The molecule has 126 valence electrons. The fourth-order valence-electron chi connectivity index (χ4n) is 2.13. The largest absolute Gasteiger partial charge is 0.459 e. The van der Waals surface area contributed by atoms with E-state index in [-0.39, 0.29) is 29.4 Å². The fourth-order valence-corrected chi connectivity index (χ4v) is 2.13. The number of hydrogen-bond acceptors (Lipinski definition) is 4. The van der Waals surface area contributed by atoms with Gasteiger partial charge in [-0.05, 0) is 30.9 Å². The summed E-state index contributed by atoms with van der Waals surface area (Å²) >= 11 is 0. The number of furan rings is 1. The average molecular weight is 321 g/mol. The summed E-state index contributed by atoms with van der Waals surface area (Å²) < 4.78 is 5.02. The molecular weight excluding hydrogens is 298 g/mol. The number of nitrogens with one attached hydrogen (secondary N) is 3. The number of amides is 3. The Hall–Kier alpha value is -2.31. The molecule has 1 unspecified atom stereocenters. The van der Waals surface area contributed by atoms with Gasteiger partial charge in [-0.3, -0.25) is 14.4 Å². The van der Waals surface area contributed by atoms with Gasteiger partial charge in [-0.25, -0.2) is 0 Å². The molecule has 0 bridgehead atoms. The van der Waals surface area contributed by atoms with Gasteiger partial charge in [0.15, 0.2) is 5.76 Å². The van der Waals surface area contributed by atoms with Gasteiger partial charge in [0, 0.05) is 19.0 Å². The van der Waals surface area contributed by atoms with Crippen molar-refractivity contribution in [2.24, 2.45) is 11.8 Å². The van der Waals surface area contributed by atoms with E-state index in [1.165, 1.54) is 12.3 Å². The molecule has 0 radical (unpaired) electrons. The molecule has 1 saturated carbocycles. The van der Waals surface area contributed by atoms with Gasteiger partial charge in [-0.15, -0.1) is 0 Å². The Balaban J connectivity index is 1.76. The Morgan fingerprint density at radius 3 is 2.48 bits per heavy atom. The Labute approximate surface area is 135 Å². The maximum absolute atomic E-state index is 12.2. The lowest BCUT2D eigenvalue weighted by Crippen LogP contribution is -2.50. The minimum atomic E-state index is -0.660. The first-order chi connectivity index (χ1) is 11.0. The molecule has 1 fully saturated rings. The van der Waals surface area contributed by atoms with Crippen molar-refractivity contribution in [3.8, 4) is 0 Å². The van der Waals surface area contributed by atoms with Crippen molar-refractivity contribution in [2.45, 2.75) is 32.7 Å². The van der Waals surface area contributed by atoms with Gasteiger partial charge >= 0.3 is 0 Å². The van der Waals surface area contributed by atoms with Crippen molar-refractivity contribution in [3.63, 3.8) is 0 Å². The van der Waals surface area contributed by atoms with Crippen LogP contribution in [-0.2, 0) is 9.59 Å². The summed E-state index contributed by atoms with van der Waals surface area (Å²) in [5.41, 5.74) is 0. The molecule has 3 amide bonds. The first-order valence-electron chi connectivity index (χ1n) is 7.89. The van der Waals surface area contributed by atoms with Crippen LogP contribution in [0.15, 0.2) is 22.8 Å². The second-order valence-corrected chi connectivity index (χ2v) is 6.03. The van der Waals surface area contributed by atoms with E-state index in [0.717, 1.165) is 12.8 Å². The highest BCUT2D eigenvalue weighted by atomic mass is 16.3. The molecule has 7 heteroatoms. The molecule has 1 aromatic heterocycles. The maximum atomic E-state index is 12.2. The smallest absolute Gasteiger partial charge is 0.287 e. The van der Waals surface area contributed by atoms with E-state index in [2.05, 4.69) is 16.0 Å². The molecule has 0 spiro atoms. The third-order valence-electron chi connectivity index (χ3n) is 3.65. The van der Waals surface area contributed by atoms with Gasteiger partial charge in [0.25, 0.3) is 5.91 Å². The zero-order valence-corrected chi connectivity index (χ0v) is 13.4. The van der Waals surface area contributed by atoms with Crippen molar-refractivity contribution >= 4 is 17.7 Å². The predicted molar refractivity (Wildman–Crippen MR) is 83.5 cm³/mol. The normalized spacial score (nSPS) is 15.1. The van der Waals surface area contributed by atoms with Crippen LogP contribution in [0.1, 0.15) is 37.2 Å². The molecule has 3 N–H and O–H groups in total. The van der Waals surface area contributed by atoms with Crippen molar-refractivity contribution in [3.05, 3.63) is 24.2 Å². The SMILES string of the molecule is CC(C)C(NC(=O)c1ccco1)C(=O)NCCNC(=O)C1CC1. The summed E-state index contributed by atoms with van der Waals surface area (Å²) in [6.07, 6.45) is 3.31. The predicted octanol–water partition coefficient (Wildman–Crippen LogP) is 0.676. The van der Waals surface area contributed by atoms with Gasteiger partial charge in [0.2, 0.25) is 11.8 Å². The molecule has 23 heavy (non-hydrogen) atoms. The molecule has 1 heterocycles. The van der Waals surface area contributed by atoms with E-state index in [0.29, 0.717) is 13.1 Å². The average Bonchev–Trinajstić information content (AvgIpc) is 3.22. The Kier molecular flexibility index (Phi) is 5.78. The first kappa shape index (κ1) is 17.1. The maximum Gasteiger partial charge on any atom is 0.287 e. The second-order valence-electron chi connectivity index (χ2n) is 6.03.